The van der Waals surface area contributed by atoms with E-state index in [1.54, 1.807) is 23.1 Å². The summed E-state index contributed by atoms with van der Waals surface area (Å²) in [5, 5.41) is 4.18. The maximum absolute atomic E-state index is 12.5. The minimum absolute atomic E-state index is 0.0377. The molecule has 1 aliphatic rings. The average Bonchev–Trinajstić information content (AvgIpc) is 3.17. The zero-order valence-corrected chi connectivity index (χ0v) is 18.3. The van der Waals surface area contributed by atoms with Crippen LogP contribution in [0.15, 0.2) is 48.5 Å². The first-order valence-corrected chi connectivity index (χ1v) is 12.0. The summed E-state index contributed by atoms with van der Waals surface area (Å²) in [7, 11) is 0. The molecule has 7 heteroatoms. The van der Waals surface area contributed by atoms with Gasteiger partial charge in [0, 0.05) is 31.9 Å². The predicted molar refractivity (Wildman–Crippen MR) is 125 cm³/mol. The van der Waals surface area contributed by atoms with Crippen LogP contribution < -0.4 is 10.2 Å². The third kappa shape index (κ3) is 5.10. The number of aromatic nitrogens is 1. The lowest BCUT2D eigenvalue weighted by atomic mass is 10.2. The van der Waals surface area contributed by atoms with Crippen molar-refractivity contribution in [3.63, 3.8) is 0 Å². The van der Waals surface area contributed by atoms with E-state index >= 15 is 0 Å². The highest BCUT2D eigenvalue weighted by atomic mass is 32.2. The van der Waals surface area contributed by atoms with E-state index in [0.717, 1.165) is 60.4 Å². The number of nitrogens with zero attached hydrogens (tertiary/aromatic N) is 3. The van der Waals surface area contributed by atoms with Crippen LogP contribution in [0.2, 0.25) is 0 Å². The second kappa shape index (κ2) is 9.61. The van der Waals surface area contributed by atoms with Crippen molar-refractivity contribution in [2.45, 2.75) is 12.7 Å². The molecule has 3 aromatic rings. The zero-order chi connectivity index (χ0) is 20.1. The van der Waals surface area contributed by atoms with Gasteiger partial charge in [0.05, 0.1) is 27.3 Å². The number of thiazole rings is 1. The Bertz CT molecular complexity index is 933. The molecule has 0 radical (unpaired) electrons. The Morgan fingerprint density at radius 2 is 1.86 bits per heavy atom. The minimum atomic E-state index is 0.0377. The average molecular weight is 427 g/mol. The second-order valence-electron chi connectivity index (χ2n) is 7.05. The Kier molecular flexibility index (Phi) is 6.69. The van der Waals surface area contributed by atoms with Crippen LogP contribution in [0.3, 0.4) is 0 Å². The first kappa shape index (κ1) is 20.2. The number of likely N-dealkylation sites (N-methyl/N-ethyl adjacent to an activating group) is 1. The van der Waals surface area contributed by atoms with Gasteiger partial charge in [0.2, 0.25) is 5.91 Å². The van der Waals surface area contributed by atoms with Gasteiger partial charge >= 0.3 is 0 Å². The molecule has 0 atom stereocenters. The largest absolute Gasteiger partial charge is 0.367 e. The molecule has 1 amide bonds. The van der Waals surface area contributed by atoms with E-state index in [1.165, 1.54) is 4.70 Å². The third-order valence-corrected chi connectivity index (χ3v) is 7.30. The molecule has 0 spiro atoms. The normalized spacial score (nSPS) is 15.0. The van der Waals surface area contributed by atoms with E-state index in [2.05, 4.69) is 39.2 Å². The smallest absolute Gasteiger partial charge is 0.234 e. The number of carbonyl (C=O) groups excluding carboxylic acids is 1. The van der Waals surface area contributed by atoms with Crippen LogP contribution in [0.5, 0.6) is 0 Å². The van der Waals surface area contributed by atoms with E-state index in [0.29, 0.717) is 5.75 Å². The van der Waals surface area contributed by atoms with Crippen LogP contribution in [0.25, 0.3) is 10.2 Å². The van der Waals surface area contributed by atoms with Crippen molar-refractivity contribution in [1.29, 1.82) is 0 Å². The molecule has 29 heavy (non-hydrogen) atoms. The molecule has 152 valence electrons. The molecule has 4 rings (SSSR count). The van der Waals surface area contributed by atoms with Gasteiger partial charge in [-0.1, -0.05) is 31.2 Å². The van der Waals surface area contributed by atoms with Crippen LogP contribution >= 0.6 is 23.1 Å². The summed E-state index contributed by atoms with van der Waals surface area (Å²) in [5.74, 6) is 1.22. The number of carbonyl (C=O) groups is 1. The Labute approximate surface area is 180 Å². The highest BCUT2D eigenvalue weighted by Gasteiger charge is 2.18. The molecule has 1 fully saturated rings. The number of benzene rings is 2. The summed E-state index contributed by atoms with van der Waals surface area (Å²) in [5.41, 5.74) is 3.06. The Hall–Kier alpha value is -2.09. The van der Waals surface area contributed by atoms with Crippen molar-refractivity contribution in [2.75, 3.05) is 48.7 Å². The van der Waals surface area contributed by atoms with Crippen molar-refractivity contribution < 1.29 is 4.79 Å². The Morgan fingerprint density at radius 1 is 1.10 bits per heavy atom. The van der Waals surface area contributed by atoms with E-state index < -0.39 is 0 Å². The molecular weight excluding hydrogens is 400 g/mol. The van der Waals surface area contributed by atoms with Gasteiger partial charge in [-0.3, -0.25) is 4.79 Å². The van der Waals surface area contributed by atoms with Crippen molar-refractivity contribution in [3.05, 3.63) is 53.5 Å². The molecule has 1 N–H and O–H groups in total. The van der Waals surface area contributed by atoms with Gasteiger partial charge in [-0.2, -0.15) is 0 Å². The van der Waals surface area contributed by atoms with Crippen molar-refractivity contribution in [3.8, 4) is 0 Å². The zero-order valence-electron chi connectivity index (χ0n) is 16.6. The molecule has 0 bridgehead atoms. The number of thioether (sulfide) groups is 1. The number of piperazine rings is 1. The van der Waals surface area contributed by atoms with Crippen molar-refractivity contribution in [1.82, 2.24) is 9.88 Å². The number of para-hydroxylation sites is 3. The van der Waals surface area contributed by atoms with E-state index in [4.69, 9.17) is 0 Å². The Morgan fingerprint density at radius 3 is 2.66 bits per heavy atom. The number of hydrogen-bond donors (Lipinski definition) is 1. The number of hydrogen-bond acceptors (Lipinski definition) is 6. The Balaban J connectivity index is 1.31. The van der Waals surface area contributed by atoms with Crippen LogP contribution in [-0.4, -0.2) is 54.3 Å². The molecule has 0 unspecified atom stereocenters. The molecule has 1 aliphatic heterocycles. The van der Waals surface area contributed by atoms with Gasteiger partial charge in [0.15, 0.2) is 0 Å². The highest BCUT2D eigenvalue weighted by molar-refractivity contribution is 7.99. The second-order valence-corrected chi connectivity index (χ2v) is 9.16. The fourth-order valence-corrected chi connectivity index (χ4v) is 5.41. The summed E-state index contributed by atoms with van der Waals surface area (Å²) < 4.78 is 1.20. The van der Waals surface area contributed by atoms with Gasteiger partial charge in [0.1, 0.15) is 5.01 Å². The third-order valence-electron chi connectivity index (χ3n) is 5.14. The molecule has 0 aliphatic carbocycles. The van der Waals surface area contributed by atoms with E-state index in [1.807, 2.05) is 36.4 Å². The highest BCUT2D eigenvalue weighted by Crippen LogP contribution is 2.28. The maximum Gasteiger partial charge on any atom is 0.234 e. The number of rotatable bonds is 7. The first-order chi connectivity index (χ1) is 14.2. The van der Waals surface area contributed by atoms with E-state index in [-0.39, 0.29) is 5.91 Å². The number of fused-ring (bicyclic) bond motifs is 1. The predicted octanol–water partition coefficient (Wildman–Crippen LogP) is 4.31. The van der Waals surface area contributed by atoms with Crippen LogP contribution in [0.4, 0.5) is 11.4 Å². The van der Waals surface area contributed by atoms with Crippen molar-refractivity contribution >= 4 is 50.6 Å². The van der Waals surface area contributed by atoms with Gasteiger partial charge in [-0.15, -0.1) is 23.1 Å². The lowest BCUT2D eigenvalue weighted by molar-refractivity contribution is -0.113. The number of nitrogens with one attached hydrogen (secondary N) is 1. The van der Waals surface area contributed by atoms with Crippen LogP contribution in [0, 0.1) is 0 Å². The maximum atomic E-state index is 12.5. The molecule has 2 heterocycles. The molecule has 1 saturated heterocycles. The van der Waals surface area contributed by atoms with E-state index in [9.17, 15) is 4.79 Å². The molecule has 0 saturated carbocycles. The molecule has 2 aromatic carbocycles. The molecule has 5 nitrogen and oxygen atoms in total. The fourth-order valence-electron chi connectivity index (χ4n) is 3.56. The standard InChI is InChI=1S/C22H26N4OS2/c1-2-25-11-13-26(14-12-25)19-9-5-3-7-17(19)23-21(27)15-28-16-22-24-18-8-4-6-10-20(18)29-22/h3-10H,2,11-16H2,1H3,(H,23,27). The number of anilines is 2. The minimum Gasteiger partial charge on any atom is -0.367 e. The van der Waals surface area contributed by atoms with Gasteiger partial charge < -0.3 is 15.1 Å². The fraction of sp³-hybridized carbons (Fsp3) is 0.364. The lowest BCUT2D eigenvalue weighted by Crippen LogP contribution is -2.46. The summed E-state index contributed by atoms with van der Waals surface area (Å²) >= 11 is 3.31. The summed E-state index contributed by atoms with van der Waals surface area (Å²) in [6.45, 7) is 7.42. The summed E-state index contributed by atoms with van der Waals surface area (Å²) in [6.07, 6.45) is 0. The SMILES string of the molecule is CCN1CCN(c2ccccc2NC(=O)CSCc2nc3ccccc3s2)CC1. The van der Waals surface area contributed by atoms with Gasteiger partial charge in [0.25, 0.3) is 0 Å². The monoisotopic (exact) mass is 426 g/mol. The quantitative estimate of drug-likeness (QED) is 0.610. The summed E-state index contributed by atoms with van der Waals surface area (Å²) in [4.78, 5) is 22.0. The van der Waals surface area contributed by atoms with Crippen LogP contribution in [-0.2, 0) is 10.5 Å². The lowest BCUT2D eigenvalue weighted by Gasteiger charge is -2.36. The van der Waals surface area contributed by atoms with Crippen molar-refractivity contribution in [2.24, 2.45) is 0 Å². The van der Waals surface area contributed by atoms with Gasteiger partial charge in [-0.25, -0.2) is 4.98 Å². The first-order valence-electron chi connectivity index (χ1n) is 10.0. The summed E-state index contributed by atoms with van der Waals surface area (Å²) in [6, 6.07) is 16.3. The topological polar surface area (TPSA) is 48.5 Å². The van der Waals surface area contributed by atoms with Crippen LogP contribution in [0.1, 0.15) is 11.9 Å². The molecule has 1 aromatic heterocycles. The number of amides is 1. The molecular formula is C22H26N4OS2. The van der Waals surface area contributed by atoms with Gasteiger partial charge in [-0.05, 0) is 30.8 Å².